The molecule has 0 spiro atoms. The molecule has 34 heavy (non-hydrogen) atoms. The van der Waals surface area contributed by atoms with E-state index in [1.54, 1.807) is 6.08 Å². The molecule has 3 rings (SSSR count). The number of nitrogens with one attached hydrogen (secondary N) is 1. The molecular weight excluding hydrogens is 434 g/mol. The van der Waals surface area contributed by atoms with Crippen molar-refractivity contribution in [1.29, 1.82) is 0 Å². The average molecular weight is 468 g/mol. The molecule has 2 aromatic carbocycles. The molecule has 0 amide bonds. The summed E-state index contributed by atoms with van der Waals surface area (Å²) in [6, 6.07) is 18.9. The smallest absolute Gasteiger partial charge is 0.303 e. The Morgan fingerprint density at radius 2 is 1.35 bits per heavy atom. The number of hydrogen-bond donors (Lipinski definition) is 1. The SMILES string of the molecule is C=CC[C@H]1NC(COCc2ccccc2)[C@@H](OC(C)=O)C(OCc2ccccc2)C1OC(C)=O. The maximum Gasteiger partial charge on any atom is 0.303 e. The van der Waals surface area contributed by atoms with Crippen LogP contribution in [0.2, 0.25) is 0 Å². The van der Waals surface area contributed by atoms with Crippen LogP contribution in [0.4, 0.5) is 0 Å². The van der Waals surface area contributed by atoms with Gasteiger partial charge in [-0.3, -0.25) is 9.59 Å². The van der Waals surface area contributed by atoms with Gasteiger partial charge in [-0.2, -0.15) is 0 Å². The first-order chi connectivity index (χ1) is 16.5. The first kappa shape index (κ1) is 25.6. The van der Waals surface area contributed by atoms with Gasteiger partial charge in [-0.05, 0) is 17.5 Å². The van der Waals surface area contributed by atoms with Crippen molar-refractivity contribution in [2.75, 3.05) is 6.61 Å². The van der Waals surface area contributed by atoms with Crippen LogP contribution in [0.5, 0.6) is 0 Å². The van der Waals surface area contributed by atoms with Gasteiger partial charge in [0.15, 0.2) is 0 Å². The molecule has 0 radical (unpaired) electrons. The van der Waals surface area contributed by atoms with Crippen LogP contribution in [0.15, 0.2) is 73.3 Å². The number of carbonyl (C=O) groups is 2. The molecular formula is C27H33NO6. The van der Waals surface area contributed by atoms with Gasteiger partial charge >= 0.3 is 11.9 Å². The van der Waals surface area contributed by atoms with E-state index in [9.17, 15) is 9.59 Å². The van der Waals surface area contributed by atoms with Gasteiger partial charge in [0, 0.05) is 13.8 Å². The molecule has 7 heteroatoms. The summed E-state index contributed by atoms with van der Waals surface area (Å²) in [6.45, 7) is 7.52. The Balaban J connectivity index is 1.83. The largest absolute Gasteiger partial charge is 0.458 e. The van der Waals surface area contributed by atoms with Crippen LogP contribution in [0, 0.1) is 0 Å². The molecule has 1 aliphatic rings. The quantitative estimate of drug-likeness (QED) is 0.400. The minimum atomic E-state index is -0.720. The van der Waals surface area contributed by atoms with Crippen molar-refractivity contribution in [2.45, 2.75) is 63.9 Å². The van der Waals surface area contributed by atoms with Crippen LogP contribution >= 0.6 is 0 Å². The number of hydrogen-bond acceptors (Lipinski definition) is 7. The molecule has 5 atom stereocenters. The lowest BCUT2D eigenvalue weighted by molar-refractivity contribution is -0.197. The van der Waals surface area contributed by atoms with Crippen LogP contribution < -0.4 is 5.32 Å². The zero-order chi connectivity index (χ0) is 24.3. The summed E-state index contributed by atoms with van der Waals surface area (Å²) in [5.74, 6) is -0.883. The molecule has 0 saturated carbocycles. The van der Waals surface area contributed by atoms with E-state index < -0.39 is 30.3 Å². The van der Waals surface area contributed by atoms with E-state index in [2.05, 4.69) is 11.9 Å². The van der Waals surface area contributed by atoms with Crippen molar-refractivity contribution in [3.05, 3.63) is 84.4 Å². The van der Waals surface area contributed by atoms with Gasteiger partial charge in [0.05, 0.1) is 31.9 Å². The molecule has 0 bridgehead atoms. The van der Waals surface area contributed by atoms with E-state index in [-0.39, 0.29) is 25.3 Å². The number of carbonyl (C=O) groups excluding carboxylic acids is 2. The number of benzene rings is 2. The fourth-order valence-corrected chi connectivity index (χ4v) is 4.15. The summed E-state index contributed by atoms with van der Waals surface area (Å²) >= 11 is 0. The topological polar surface area (TPSA) is 83.1 Å². The third-order valence-electron chi connectivity index (χ3n) is 5.59. The maximum absolute atomic E-state index is 12.0. The highest BCUT2D eigenvalue weighted by Gasteiger charge is 2.48. The summed E-state index contributed by atoms with van der Waals surface area (Å²) in [7, 11) is 0. The number of ether oxygens (including phenoxy) is 4. The van der Waals surface area contributed by atoms with Crippen molar-refractivity contribution in [3.8, 4) is 0 Å². The summed E-state index contributed by atoms with van der Waals surface area (Å²) in [6.07, 6.45) is 0.211. The Hall–Kier alpha value is -3.00. The number of esters is 2. The van der Waals surface area contributed by atoms with E-state index in [0.717, 1.165) is 11.1 Å². The van der Waals surface area contributed by atoms with Gasteiger partial charge in [0.2, 0.25) is 0 Å². The van der Waals surface area contributed by atoms with Crippen LogP contribution in [0.25, 0.3) is 0 Å². The van der Waals surface area contributed by atoms with Gasteiger partial charge in [-0.25, -0.2) is 0 Å². The predicted molar refractivity (Wildman–Crippen MR) is 128 cm³/mol. The Morgan fingerprint density at radius 3 is 1.88 bits per heavy atom. The van der Waals surface area contributed by atoms with Crippen molar-refractivity contribution in [3.63, 3.8) is 0 Å². The van der Waals surface area contributed by atoms with E-state index in [1.165, 1.54) is 13.8 Å². The van der Waals surface area contributed by atoms with Crippen molar-refractivity contribution < 1.29 is 28.5 Å². The van der Waals surface area contributed by atoms with E-state index in [0.29, 0.717) is 13.0 Å². The Kier molecular flexibility index (Phi) is 9.82. The molecule has 1 heterocycles. The van der Waals surface area contributed by atoms with Crippen molar-refractivity contribution in [1.82, 2.24) is 5.32 Å². The van der Waals surface area contributed by atoms with Crippen molar-refractivity contribution in [2.24, 2.45) is 0 Å². The van der Waals surface area contributed by atoms with Gasteiger partial charge in [-0.15, -0.1) is 6.58 Å². The first-order valence-corrected chi connectivity index (χ1v) is 11.5. The van der Waals surface area contributed by atoms with Gasteiger partial charge in [0.25, 0.3) is 0 Å². The fourth-order valence-electron chi connectivity index (χ4n) is 4.15. The first-order valence-electron chi connectivity index (χ1n) is 11.5. The van der Waals surface area contributed by atoms with Gasteiger partial charge in [-0.1, -0.05) is 66.7 Å². The van der Waals surface area contributed by atoms with Gasteiger partial charge in [0.1, 0.15) is 18.3 Å². The van der Waals surface area contributed by atoms with Crippen LogP contribution in [0.3, 0.4) is 0 Å². The second-order valence-corrected chi connectivity index (χ2v) is 8.31. The van der Waals surface area contributed by atoms with Crippen LogP contribution in [0.1, 0.15) is 31.4 Å². The molecule has 0 aromatic heterocycles. The molecule has 182 valence electrons. The second-order valence-electron chi connectivity index (χ2n) is 8.31. The predicted octanol–water partition coefficient (Wildman–Crippen LogP) is 3.57. The molecule has 3 unspecified atom stereocenters. The van der Waals surface area contributed by atoms with E-state index in [4.69, 9.17) is 18.9 Å². The molecule has 0 aliphatic carbocycles. The monoisotopic (exact) mass is 467 g/mol. The maximum atomic E-state index is 12.0. The van der Waals surface area contributed by atoms with E-state index >= 15 is 0 Å². The molecule has 7 nitrogen and oxygen atoms in total. The third-order valence-corrected chi connectivity index (χ3v) is 5.59. The zero-order valence-electron chi connectivity index (χ0n) is 19.7. The normalized spacial score (nSPS) is 24.2. The number of rotatable bonds is 11. The Bertz CT molecular complexity index is 919. The molecule has 2 aromatic rings. The van der Waals surface area contributed by atoms with Crippen molar-refractivity contribution >= 4 is 11.9 Å². The summed E-state index contributed by atoms with van der Waals surface area (Å²) < 4.78 is 23.7. The van der Waals surface area contributed by atoms with E-state index in [1.807, 2.05) is 60.7 Å². The lowest BCUT2D eigenvalue weighted by Gasteiger charge is -2.46. The highest BCUT2D eigenvalue weighted by Crippen LogP contribution is 2.27. The highest BCUT2D eigenvalue weighted by molar-refractivity contribution is 5.67. The minimum Gasteiger partial charge on any atom is -0.458 e. The van der Waals surface area contributed by atoms with Crippen LogP contribution in [-0.4, -0.2) is 48.9 Å². The fraction of sp³-hybridized carbons (Fsp3) is 0.407. The summed E-state index contributed by atoms with van der Waals surface area (Å²) in [5.41, 5.74) is 2.00. The molecule has 1 fully saturated rings. The average Bonchev–Trinajstić information content (AvgIpc) is 2.82. The Morgan fingerprint density at radius 1 is 0.824 bits per heavy atom. The minimum absolute atomic E-state index is 0.276. The Labute approximate surface area is 201 Å². The zero-order valence-corrected chi connectivity index (χ0v) is 19.7. The highest BCUT2D eigenvalue weighted by atomic mass is 16.6. The molecule has 1 N–H and O–H groups in total. The second kappa shape index (κ2) is 13.0. The molecule has 1 aliphatic heterocycles. The lowest BCUT2D eigenvalue weighted by atomic mass is 9.88. The summed E-state index contributed by atoms with van der Waals surface area (Å²) in [5, 5.41) is 3.45. The third kappa shape index (κ3) is 7.52. The lowest BCUT2D eigenvalue weighted by Crippen LogP contribution is -2.68. The summed E-state index contributed by atoms with van der Waals surface area (Å²) in [4.78, 5) is 24.0. The number of piperidine rings is 1. The van der Waals surface area contributed by atoms with Crippen LogP contribution in [-0.2, 0) is 41.8 Å². The molecule has 1 saturated heterocycles. The standard InChI is InChI=1S/C27H33NO6/c1-4-11-23-25(33-19(2)29)27(32-17-22-14-9-6-10-15-22)26(34-20(3)30)24(28-23)18-31-16-21-12-7-5-8-13-21/h4-10,12-15,23-28H,1,11,16-18H2,2-3H3/t23-,24?,25?,26-,27?/m1/s1. The van der Waals surface area contributed by atoms with Gasteiger partial charge < -0.3 is 24.3 Å².